The van der Waals surface area contributed by atoms with E-state index in [1.807, 2.05) is 19.9 Å². The summed E-state index contributed by atoms with van der Waals surface area (Å²) < 4.78 is 20.6. The van der Waals surface area contributed by atoms with Gasteiger partial charge in [-0.05, 0) is 43.7 Å². The molecule has 1 amide bonds. The van der Waals surface area contributed by atoms with E-state index >= 15 is 0 Å². The van der Waals surface area contributed by atoms with E-state index in [0.29, 0.717) is 36.3 Å². The van der Waals surface area contributed by atoms with Gasteiger partial charge in [0.05, 0.1) is 23.6 Å². The smallest absolute Gasteiger partial charge is 0.261 e. The molecule has 2 aromatic carbocycles. The van der Waals surface area contributed by atoms with Gasteiger partial charge in [-0.3, -0.25) is 14.2 Å². The van der Waals surface area contributed by atoms with E-state index < -0.39 is 11.9 Å². The zero-order chi connectivity index (χ0) is 21.7. The van der Waals surface area contributed by atoms with Crippen molar-refractivity contribution < 1.29 is 13.9 Å². The second-order valence-corrected chi connectivity index (χ2v) is 6.96. The quantitative estimate of drug-likeness (QED) is 0.566. The Balaban J connectivity index is 2.14. The molecule has 1 aromatic heterocycles. The molecule has 1 atom stereocenters. The Labute approximate surface area is 174 Å². The number of hydrogen-bond acceptors (Lipinski definition) is 4. The monoisotopic (exact) mass is 411 g/mol. The summed E-state index contributed by atoms with van der Waals surface area (Å²) in [5, 5.41) is 0.540. The molecular weight excluding hydrogens is 385 g/mol. The fourth-order valence-corrected chi connectivity index (χ4v) is 3.66. The minimum absolute atomic E-state index is 0.138. The molecule has 30 heavy (non-hydrogen) atoms. The molecule has 158 valence electrons. The number of fused-ring (bicyclic) bond motifs is 1. The van der Waals surface area contributed by atoms with Gasteiger partial charge < -0.3 is 9.64 Å². The third-order valence-electron chi connectivity index (χ3n) is 5.14. The molecule has 7 heteroatoms. The lowest BCUT2D eigenvalue weighted by Gasteiger charge is -2.32. The molecule has 0 radical (unpaired) electrons. The molecule has 0 aliphatic heterocycles. The molecule has 0 saturated carbocycles. The number of nitrogens with zero attached hydrogens (tertiary/aromatic N) is 3. The molecular formula is C23H26FN3O3. The van der Waals surface area contributed by atoms with E-state index in [2.05, 4.69) is 0 Å². The molecule has 3 aromatic rings. The van der Waals surface area contributed by atoms with Gasteiger partial charge in [-0.25, -0.2) is 9.37 Å². The molecule has 0 spiro atoms. The molecule has 0 saturated heterocycles. The normalized spacial score (nSPS) is 12.1. The average molecular weight is 411 g/mol. The van der Waals surface area contributed by atoms with E-state index in [1.165, 1.54) is 18.2 Å². The van der Waals surface area contributed by atoms with Crippen molar-refractivity contribution in [2.75, 3.05) is 20.3 Å². The van der Waals surface area contributed by atoms with Crippen LogP contribution in [0.25, 0.3) is 10.9 Å². The minimum Gasteiger partial charge on any atom is -0.383 e. The van der Waals surface area contributed by atoms with Crippen LogP contribution in [0.3, 0.4) is 0 Å². The second-order valence-electron chi connectivity index (χ2n) is 6.96. The van der Waals surface area contributed by atoms with E-state index in [4.69, 9.17) is 9.72 Å². The number of aromatic nitrogens is 2. The SMILES string of the molecule is CCC(c1nc2ccccc2c(=O)n1CC)N(CCOC)C(=O)c1cccc(F)c1. The first-order chi connectivity index (χ1) is 14.5. The number of para-hydroxylation sites is 1. The van der Waals surface area contributed by atoms with Crippen molar-refractivity contribution in [3.63, 3.8) is 0 Å². The highest BCUT2D eigenvalue weighted by atomic mass is 19.1. The number of carbonyl (C=O) groups excluding carboxylic acids is 1. The number of rotatable bonds is 8. The number of ether oxygens (including phenoxy) is 1. The van der Waals surface area contributed by atoms with Crippen LogP contribution >= 0.6 is 0 Å². The predicted octanol–water partition coefficient (Wildman–Crippen LogP) is 3.80. The summed E-state index contributed by atoms with van der Waals surface area (Å²) in [7, 11) is 1.56. The maximum Gasteiger partial charge on any atom is 0.261 e. The van der Waals surface area contributed by atoms with Crippen LogP contribution in [0, 0.1) is 5.82 Å². The molecule has 1 unspecified atom stereocenters. The van der Waals surface area contributed by atoms with E-state index in [9.17, 15) is 14.0 Å². The van der Waals surface area contributed by atoms with Crippen molar-refractivity contribution in [1.82, 2.24) is 14.5 Å². The lowest BCUT2D eigenvalue weighted by molar-refractivity contribution is 0.0576. The molecule has 3 rings (SSSR count). The van der Waals surface area contributed by atoms with Crippen LogP contribution in [0.15, 0.2) is 53.3 Å². The van der Waals surface area contributed by atoms with Gasteiger partial charge in [0.1, 0.15) is 11.6 Å². The lowest BCUT2D eigenvalue weighted by atomic mass is 10.1. The zero-order valence-corrected chi connectivity index (χ0v) is 17.5. The van der Waals surface area contributed by atoms with E-state index in [-0.39, 0.29) is 23.6 Å². The lowest BCUT2D eigenvalue weighted by Crippen LogP contribution is -2.40. The summed E-state index contributed by atoms with van der Waals surface area (Å²) in [4.78, 5) is 32.7. The van der Waals surface area contributed by atoms with E-state index in [1.54, 1.807) is 40.8 Å². The zero-order valence-electron chi connectivity index (χ0n) is 17.5. The number of hydrogen-bond donors (Lipinski definition) is 0. The molecule has 0 bridgehead atoms. The third-order valence-corrected chi connectivity index (χ3v) is 5.14. The van der Waals surface area contributed by atoms with Crippen LogP contribution in [0.2, 0.25) is 0 Å². The molecule has 1 heterocycles. The number of carbonyl (C=O) groups is 1. The second kappa shape index (κ2) is 9.63. The van der Waals surface area contributed by atoms with Crippen molar-refractivity contribution in [3.05, 3.63) is 76.1 Å². The summed E-state index contributed by atoms with van der Waals surface area (Å²) in [5.41, 5.74) is 0.697. The van der Waals surface area contributed by atoms with Crippen LogP contribution in [0.5, 0.6) is 0 Å². The highest BCUT2D eigenvalue weighted by Gasteiger charge is 2.29. The largest absolute Gasteiger partial charge is 0.383 e. The molecule has 0 aliphatic rings. The van der Waals surface area contributed by atoms with Crippen molar-refractivity contribution in [2.24, 2.45) is 0 Å². The predicted molar refractivity (Wildman–Crippen MR) is 114 cm³/mol. The van der Waals surface area contributed by atoms with Crippen LogP contribution < -0.4 is 5.56 Å². The summed E-state index contributed by atoms with van der Waals surface area (Å²) in [6.45, 7) is 4.83. The minimum atomic E-state index is -0.477. The van der Waals surface area contributed by atoms with Gasteiger partial charge in [0.2, 0.25) is 0 Å². The molecule has 0 aliphatic carbocycles. The topological polar surface area (TPSA) is 64.4 Å². The summed E-state index contributed by atoms with van der Waals surface area (Å²) in [6, 6.07) is 12.3. The Morgan fingerprint density at radius 3 is 2.63 bits per heavy atom. The number of halogens is 1. The summed E-state index contributed by atoms with van der Waals surface area (Å²) in [6.07, 6.45) is 0.537. The maximum absolute atomic E-state index is 13.7. The molecule has 0 fully saturated rings. The van der Waals surface area contributed by atoms with Gasteiger partial charge in [0, 0.05) is 25.8 Å². The standard InChI is InChI=1S/C23H26FN3O3/c1-4-20(21-25-19-12-7-6-11-18(19)23(29)26(21)5-2)27(13-14-30-3)22(28)16-9-8-10-17(24)15-16/h6-12,15,20H,4-5,13-14H2,1-3H3. The maximum atomic E-state index is 13.7. The van der Waals surface area contributed by atoms with Crippen molar-refractivity contribution in [3.8, 4) is 0 Å². The Hall–Kier alpha value is -3.06. The van der Waals surface area contributed by atoms with Gasteiger partial charge in [0.15, 0.2) is 0 Å². The molecule has 0 N–H and O–H groups in total. The number of amides is 1. The first-order valence-corrected chi connectivity index (χ1v) is 10.1. The fourth-order valence-electron chi connectivity index (χ4n) is 3.66. The van der Waals surface area contributed by atoms with Gasteiger partial charge in [-0.2, -0.15) is 0 Å². The van der Waals surface area contributed by atoms with E-state index in [0.717, 1.165) is 0 Å². The van der Waals surface area contributed by atoms with Crippen LogP contribution in [0.1, 0.15) is 42.5 Å². The first kappa shape index (κ1) is 21.6. The Kier molecular flexibility index (Phi) is 6.95. The average Bonchev–Trinajstić information content (AvgIpc) is 2.76. The Morgan fingerprint density at radius 2 is 1.97 bits per heavy atom. The Morgan fingerprint density at radius 1 is 1.20 bits per heavy atom. The van der Waals surface area contributed by atoms with Crippen molar-refractivity contribution in [2.45, 2.75) is 32.9 Å². The summed E-state index contributed by atoms with van der Waals surface area (Å²) in [5.74, 6) is -0.289. The van der Waals surface area contributed by atoms with Crippen molar-refractivity contribution in [1.29, 1.82) is 0 Å². The molecule has 6 nitrogen and oxygen atoms in total. The van der Waals surface area contributed by atoms with Gasteiger partial charge >= 0.3 is 0 Å². The Bertz CT molecular complexity index is 1100. The van der Waals surface area contributed by atoms with Crippen LogP contribution in [0.4, 0.5) is 4.39 Å². The number of methoxy groups -OCH3 is 1. The van der Waals surface area contributed by atoms with Crippen LogP contribution in [-0.2, 0) is 11.3 Å². The highest BCUT2D eigenvalue weighted by Crippen LogP contribution is 2.25. The highest BCUT2D eigenvalue weighted by molar-refractivity contribution is 5.94. The van der Waals surface area contributed by atoms with Gasteiger partial charge in [-0.15, -0.1) is 0 Å². The summed E-state index contributed by atoms with van der Waals surface area (Å²) >= 11 is 0. The number of benzene rings is 2. The van der Waals surface area contributed by atoms with Gasteiger partial charge in [0.25, 0.3) is 11.5 Å². The fraction of sp³-hybridized carbons (Fsp3) is 0.348. The van der Waals surface area contributed by atoms with Gasteiger partial charge in [-0.1, -0.05) is 25.1 Å². The third kappa shape index (κ3) is 4.26. The van der Waals surface area contributed by atoms with Crippen molar-refractivity contribution >= 4 is 16.8 Å². The first-order valence-electron chi connectivity index (χ1n) is 10.1. The van der Waals surface area contributed by atoms with Crippen LogP contribution in [-0.4, -0.2) is 40.6 Å².